The van der Waals surface area contributed by atoms with Gasteiger partial charge in [0.15, 0.2) is 0 Å². The van der Waals surface area contributed by atoms with Gasteiger partial charge in [-0.15, -0.1) is 0 Å². The van der Waals surface area contributed by atoms with Gasteiger partial charge >= 0.3 is 0 Å². The molecule has 1 aliphatic carbocycles. The first-order chi connectivity index (χ1) is 14.7. The van der Waals surface area contributed by atoms with Crippen LogP contribution in [-0.2, 0) is 24.4 Å². The molecule has 2 aliphatic rings. The van der Waals surface area contributed by atoms with Crippen molar-refractivity contribution in [2.45, 2.75) is 43.0 Å². The molecule has 31 heavy (non-hydrogen) atoms. The summed E-state index contributed by atoms with van der Waals surface area (Å²) in [5.41, 5.74) is 0.304. The predicted molar refractivity (Wildman–Crippen MR) is 120 cm³/mol. The predicted octanol–water partition coefficient (Wildman–Crippen LogP) is 2.17. The zero-order valence-corrected chi connectivity index (χ0v) is 19.7. The van der Waals surface area contributed by atoms with E-state index in [4.69, 9.17) is 0 Å². The lowest BCUT2D eigenvalue weighted by atomic mass is 9.81. The molecule has 1 heterocycles. The minimum Gasteiger partial charge on any atom is -0.324 e. The van der Waals surface area contributed by atoms with Crippen molar-refractivity contribution in [1.29, 1.82) is 0 Å². The summed E-state index contributed by atoms with van der Waals surface area (Å²) in [4.78, 5) is 40.4. The molecule has 1 N–H and O–H groups in total. The van der Waals surface area contributed by atoms with Gasteiger partial charge in [-0.05, 0) is 49.5 Å². The van der Waals surface area contributed by atoms with Gasteiger partial charge in [0.05, 0.1) is 16.7 Å². The summed E-state index contributed by atoms with van der Waals surface area (Å²) in [6.07, 6.45) is 5.46. The number of thioether (sulfide) groups is 1. The van der Waals surface area contributed by atoms with Crippen molar-refractivity contribution in [3.05, 3.63) is 24.3 Å². The van der Waals surface area contributed by atoms with E-state index in [2.05, 4.69) is 5.32 Å². The molecule has 170 valence electrons. The van der Waals surface area contributed by atoms with Gasteiger partial charge in [-0.3, -0.25) is 19.3 Å². The number of carbonyl (C=O) groups excluding carboxylic acids is 3. The molecule has 3 amide bonds. The molecule has 3 rings (SSSR count). The lowest BCUT2D eigenvalue weighted by molar-refractivity contribution is -0.146. The first kappa shape index (κ1) is 23.7. The molecule has 0 radical (unpaired) electrons. The third-order valence-electron chi connectivity index (χ3n) is 5.97. The molecular weight excluding hydrogens is 438 g/mol. The van der Waals surface area contributed by atoms with E-state index in [-0.39, 0.29) is 28.5 Å². The molecule has 3 atom stereocenters. The Balaban J connectivity index is 1.84. The number of amides is 3. The van der Waals surface area contributed by atoms with E-state index >= 15 is 0 Å². The molecule has 0 bridgehead atoms. The van der Waals surface area contributed by atoms with Crippen LogP contribution in [0.4, 0.5) is 5.69 Å². The van der Waals surface area contributed by atoms with Gasteiger partial charge in [-0.25, -0.2) is 12.7 Å². The van der Waals surface area contributed by atoms with E-state index in [1.807, 2.05) is 6.26 Å². The van der Waals surface area contributed by atoms with Gasteiger partial charge in [0, 0.05) is 19.8 Å². The Kier molecular flexibility index (Phi) is 7.43. The number of nitrogens with zero attached hydrogens (tertiary/aromatic N) is 2. The number of rotatable bonds is 8. The van der Waals surface area contributed by atoms with Crippen molar-refractivity contribution in [1.82, 2.24) is 9.21 Å². The highest BCUT2D eigenvalue weighted by molar-refractivity contribution is 7.98. The van der Waals surface area contributed by atoms with Crippen molar-refractivity contribution < 1.29 is 22.8 Å². The molecule has 10 heteroatoms. The average Bonchev–Trinajstić information content (AvgIpc) is 2.99. The number of likely N-dealkylation sites (tertiary alicyclic amines) is 1. The number of anilines is 1. The standard InChI is InChI=1S/C21H29N3O5S2/c1-23(2)31(28,29)15-8-6-7-14(13-15)22-19(25)18(11-12-30-3)24-20(26)16-9-4-5-10-17(16)21(24)27/h6-8,13,16-18H,4-5,9-12H2,1-3H3,(H,22,25)/t16-,17+,18-/m1/s1. The van der Waals surface area contributed by atoms with Crippen LogP contribution in [0.3, 0.4) is 0 Å². The van der Waals surface area contributed by atoms with Crippen molar-refractivity contribution in [3.8, 4) is 0 Å². The Morgan fingerprint density at radius 2 is 1.81 bits per heavy atom. The second-order valence-corrected chi connectivity index (χ2v) is 11.3. The lowest BCUT2D eigenvalue weighted by Crippen LogP contribution is -2.48. The van der Waals surface area contributed by atoms with Gasteiger partial charge in [0.2, 0.25) is 27.7 Å². The Hall–Kier alpha value is -1.91. The maximum atomic E-state index is 13.2. The summed E-state index contributed by atoms with van der Waals surface area (Å²) in [7, 11) is -0.790. The highest BCUT2D eigenvalue weighted by atomic mass is 32.2. The summed E-state index contributed by atoms with van der Waals surface area (Å²) in [6, 6.07) is 5.06. The smallest absolute Gasteiger partial charge is 0.247 e. The first-order valence-corrected chi connectivity index (χ1v) is 13.2. The van der Waals surface area contributed by atoms with Crippen LogP contribution in [0.2, 0.25) is 0 Å². The Morgan fingerprint density at radius 1 is 1.19 bits per heavy atom. The van der Waals surface area contributed by atoms with Crippen molar-refractivity contribution in [2.24, 2.45) is 11.8 Å². The van der Waals surface area contributed by atoms with E-state index < -0.39 is 22.0 Å². The van der Waals surface area contributed by atoms with Crippen LogP contribution in [0.1, 0.15) is 32.1 Å². The number of fused-ring (bicyclic) bond motifs is 1. The molecule has 1 saturated heterocycles. The van der Waals surface area contributed by atoms with E-state index in [0.29, 0.717) is 30.7 Å². The fraction of sp³-hybridized carbons (Fsp3) is 0.571. The molecule has 8 nitrogen and oxygen atoms in total. The fourth-order valence-corrected chi connectivity index (χ4v) is 5.68. The van der Waals surface area contributed by atoms with Crippen LogP contribution in [0.25, 0.3) is 0 Å². The number of nitrogens with one attached hydrogen (secondary N) is 1. The second-order valence-electron chi connectivity index (χ2n) is 8.15. The van der Waals surface area contributed by atoms with Crippen LogP contribution in [0, 0.1) is 11.8 Å². The SMILES string of the molecule is CSCC[C@H](C(=O)Nc1cccc(S(=O)(=O)N(C)C)c1)N1C(=O)[C@H]2CCCC[C@H]2C1=O. The van der Waals surface area contributed by atoms with Crippen molar-refractivity contribution >= 4 is 45.2 Å². The summed E-state index contributed by atoms with van der Waals surface area (Å²) in [6.45, 7) is 0. The van der Waals surface area contributed by atoms with Crippen LogP contribution in [0.5, 0.6) is 0 Å². The fourth-order valence-electron chi connectivity index (χ4n) is 4.27. The Bertz CT molecular complexity index is 940. The molecule has 2 fully saturated rings. The minimum atomic E-state index is -3.66. The maximum absolute atomic E-state index is 13.2. The van der Waals surface area contributed by atoms with E-state index in [9.17, 15) is 22.8 Å². The number of carbonyl (C=O) groups is 3. The van der Waals surface area contributed by atoms with Gasteiger partial charge < -0.3 is 5.32 Å². The number of imide groups is 1. The first-order valence-electron chi connectivity index (χ1n) is 10.4. The monoisotopic (exact) mass is 467 g/mol. The van der Waals surface area contributed by atoms with Crippen LogP contribution in [0.15, 0.2) is 29.2 Å². The molecular formula is C21H29N3O5S2. The number of hydrogen-bond acceptors (Lipinski definition) is 6. The number of benzene rings is 1. The Labute approximate surface area is 187 Å². The average molecular weight is 468 g/mol. The molecule has 1 aliphatic heterocycles. The van der Waals surface area contributed by atoms with Gasteiger partial charge in [-0.2, -0.15) is 11.8 Å². The number of sulfonamides is 1. The molecule has 1 aromatic carbocycles. The summed E-state index contributed by atoms with van der Waals surface area (Å²) in [5.74, 6) is -1.01. The van der Waals surface area contributed by atoms with Crippen LogP contribution in [-0.4, -0.2) is 67.5 Å². The minimum absolute atomic E-state index is 0.0512. The molecule has 0 aromatic heterocycles. The normalized spacial score (nSPS) is 22.5. The zero-order chi connectivity index (χ0) is 22.8. The second kappa shape index (κ2) is 9.70. The van der Waals surface area contributed by atoms with Gasteiger partial charge in [0.25, 0.3) is 0 Å². The molecule has 0 unspecified atom stereocenters. The molecule has 1 aromatic rings. The van der Waals surface area contributed by atoms with E-state index in [1.165, 1.54) is 42.9 Å². The highest BCUT2D eigenvalue weighted by Gasteiger charge is 2.51. The summed E-state index contributed by atoms with van der Waals surface area (Å²) < 4.78 is 25.9. The van der Waals surface area contributed by atoms with Crippen LogP contribution >= 0.6 is 11.8 Å². The third kappa shape index (κ3) is 4.80. The van der Waals surface area contributed by atoms with Crippen molar-refractivity contribution in [3.63, 3.8) is 0 Å². The topological polar surface area (TPSA) is 104 Å². The van der Waals surface area contributed by atoms with Crippen molar-refractivity contribution in [2.75, 3.05) is 31.4 Å². The zero-order valence-electron chi connectivity index (χ0n) is 18.0. The van der Waals surface area contributed by atoms with Gasteiger partial charge in [0.1, 0.15) is 6.04 Å². The number of hydrogen-bond donors (Lipinski definition) is 1. The van der Waals surface area contributed by atoms with Crippen LogP contribution < -0.4 is 5.32 Å². The maximum Gasteiger partial charge on any atom is 0.247 e. The third-order valence-corrected chi connectivity index (χ3v) is 8.42. The Morgan fingerprint density at radius 3 is 2.35 bits per heavy atom. The summed E-state index contributed by atoms with van der Waals surface area (Å²) in [5, 5.41) is 2.72. The molecule has 1 saturated carbocycles. The van der Waals surface area contributed by atoms with Gasteiger partial charge in [-0.1, -0.05) is 18.9 Å². The largest absolute Gasteiger partial charge is 0.324 e. The molecule has 0 spiro atoms. The van der Waals surface area contributed by atoms with E-state index in [0.717, 1.165) is 17.1 Å². The quantitative estimate of drug-likeness (QED) is 0.588. The highest BCUT2D eigenvalue weighted by Crippen LogP contribution is 2.39. The lowest BCUT2D eigenvalue weighted by Gasteiger charge is -2.26. The van der Waals surface area contributed by atoms with E-state index in [1.54, 1.807) is 12.1 Å². The summed E-state index contributed by atoms with van der Waals surface area (Å²) >= 11 is 1.54.